The zero-order valence-electron chi connectivity index (χ0n) is 6.98. The lowest BCUT2D eigenvalue weighted by atomic mass is 9.75. The highest BCUT2D eigenvalue weighted by atomic mass is 16.5. The Labute approximate surface area is 62.2 Å². The summed E-state index contributed by atoms with van der Waals surface area (Å²) in [7, 11) is 0. The van der Waals surface area contributed by atoms with E-state index in [9.17, 15) is 5.11 Å². The quantitative estimate of drug-likeness (QED) is 0.599. The van der Waals surface area contributed by atoms with Crippen molar-refractivity contribution in [1.29, 1.82) is 0 Å². The van der Waals surface area contributed by atoms with E-state index in [0.29, 0.717) is 6.61 Å². The summed E-state index contributed by atoms with van der Waals surface area (Å²) in [6.45, 7) is 7.25. The van der Waals surface area contributed by atoms with Crippen LogP contribution in [-0.2, 0) is 4.74 Å². The molecular weight excluding hydrogens is 128 g/mol. The van der Waals surface area contributed by atoms with Crippen LogP contribution in [0.5, 0.6) is 0 Å². The van der Waals surface area contributed by atoms with E-state index in [1.165, 1.54) is 0 Å². The van der Waals surface area contributed by atoms with E-state index in [2.05, 4.69) is 6.92 Å². The minimum Gasteiger partial charge on any atom is -0.390 e. The zero-order chi connectivity index (χ0) is 7.83. The molecule has 1 heterocycles. The molecule has 0 aliphatic carbocycles. The molecule has 1 fully saturated rings. The van der Waals surface area contributed by atoms with E-state index in [4.69, 9.17) is 4.74 Å². The van der Waals surface area contributed by atoms with E-state index in [1.54, 1.807) is 0 Å². The first kappa shape index (κ1) is 8.02. The van der Waals surface area contributed by atoms with Gasteiger partial charge >= 0.3 is 0 Å². The van der Waals surface area contributed by atoms with Crippen LogP contribution in [0.1, 0.15) is 27.2 Å². The molecule has 1 atom stereocenters. The lowest BCUT2D eigenvalue weighted by molar-refractivity contribution is -0.0481. The molecule has 0 saturated carbocycles. The first-order valence-corrected chi connectivity index (χ1v) is 3.76. The molecule has 2 heteroatoms. The third kappa shape index (κ3) is 1.18. The van der Waals surface area contributed by atoms with Gasteiger partial charge in [-0.2, -0.15) is 0 Å². The highest BCUT2D eigenvalue weighted by Gasteiger charge is 2.42. The monoisotopic (exact) mass is 144 g/mol. The summed E-state index contributed by atoms with van der Waals surface area (Å²) < 4.78 is 5.23. The Bertz CT molecular complexity index is 118. The third-order valence-corrected chi connectivity index (χ3v) is 2.70. The molecule has 0 radical (unpaired) electrons. The molecule has 60 valence electrons. The van der Waals surface area contributed by atoms with E-state index >= 15 is 0 Å². The molecule has 1 N–H and O–H groups in total. The summed E-state index contributed by atoms with van der Waals surface area (Å²) in [5.41, 5.74) is -0.642. The summed E-state index contributed by atoms with van der Waals surface area (Å²) in [6, 6.07) is 0. The smallest absolute Gasteiger partial charge is 0.0667 e. The molecule has 0 amide bonds. The van der Waals surface area contributed by atoms with Gasteiger partial charge in [0.1, 0.15) is 0 Å². The second-order valence-corrected chi connectivity index (χ2v) is 3.92. The maximum absolute atomic E-state index is 9.70. The van der Waals surface area contributed by atoms with Gasteiger partial charge in [0, 0.05) is 12.0 Å². The van der Waals surface area contributed by atoms with E-state index in [0.717, 1.165) is 13.0 Å². The van der Waals surface area contributed by atoms with Gasteiger partial charge in [-0.3, -0.25) is 0 Å². The highest BCUT2D eigenvalue weighted by Crippen LogP contribution is 2.38. The molecule has 0 aromatic heterocycles. The van der Waals surface area contributed by atoms with Crippen LogP contribution in [0.4, 0.5) is 0 Å². The standard InChI is InChI=1S/C8H16O2/c1-7(2,9)8(3)4-5-10-6-8/h9H,4-6H2,1-3H3. The minimum absolute atomic E-state index is 0.0347. The second kappa shape index (κ2) is 2.21. The molecular formula is C8H16O2. The molecule has 0 aromatic rings. The summed E-state index contributed by atoms with van der Waals surface area (Å²) in [4.78, 5) is 0. The fourth-order valence-electron chi connectivity index (χ4n) is 1.15. The molecule has 0 spiro atoms. The Morgan fingerprint density at radius 2 is 2.10 bits per heavy atom. The van der Waals surface area contributed by atoms with Crippen molar-refractivity contribution in [2.45, 2.75) is 32.8 Å². The summed E-state index contributed by atoms with van der Waals surface area (Å²) >= 11 is 0. The maximum Gasteiger partial charge on any atom is 0.0667 e. The Hall–Kier alpha value is -0.0800. The van der Waals surface area contributed by atoms with Crippen molar-refractivity contribution in [3.05, 3.63) is 0 Å². The fourth-order valence-corrected chi connectivity index (χ4v) is 1.15. The van der Waals surface area contributed by atoms with Crippen molar-refractivity contribution in [3.8, 4) is 0 Å². The molecule has 1 aliphatic heterocycles. The van der Waals surface area contributed by atoms with Gasteiger partial charge in [0.2, 0.25) is 0 Å². The van der Waals surface area contributed by atoms with Crippen LogP contribution in [0.15, 0.2) is 0 Å². The summed E-state index contributed by atoms with van der Waals surface area (Å²) in [6.07, 6.45) is 0.969. The van der Waals surface area contributed by atoms with E-state index in [1.807, 2.05) is 13.8 Å². The van der Waals surface area contributed by atoms with Gasteiger partial charge in [-0.15, -0.1) is 0 Å². The van der Waals surface area contributed by atoms with Gasteiger partial charge in [0.25, 0.3) is 0 Å². The number of hydrogen-bond donors (Lipinski definition) is 1. The van der Waals surface area contributed by atoms with E-state index in [-0.39, 0.29) is 5.41 Å². The minimum atomic E-state index is -0.608. The second-order valence-electron chi connectivity index (χ2n) is 3.92. The van der Waals surface area contributed by atoms with Gasteiger partial charge in [-0.25, -0.2) is 0 Å². The Kier molecular flexibility index (Phi) is 1.77. The molecule has 1 unspecified atom stereocenters. The SMILES string of the molecule is CC(C)(O)C1(C)CCOC1. The van der Waals surface area contributed by atoms with Crippen LogP contribution in [0, 0.1) is 5.41 Å². The van der Waals surface area contributed by atoms with Crippen LogP contribution in [-0.4, -0.2) is 23.9 Å². The van der Waals surface area contributed by atoms with Crippen molar-refractivity contribution in [1.82, 2.24) is 0 Å². The predicted molar refractivity (Wildman–Crippen MR) is 39.8 cm³/mol. The molecule has 0 bridgehead atoms. The number of hydrogen-bond acceptors (Lipinski definition) is 2. The lowest BCUT2D eigenvalue weighted by Gasteiger charge is -2.35. The van der Waals surface area contributed by atoms with Gasteiger partial charge in [0.15, 0.2) is 0 Å². The number of rotatable bonds is 1. The van der Waals surface area contributed by atoms with E-state index < -0.39 is 5.60 Å². The maximum atomic E-state index is 9.70. The zero-order valence-corrected chi connectivity index (χ0v) is 6.98. The molecule has 0 aromatic carbocycles. The van der Waals surface area contributed by atoms with Crippen molar-refractivity contribution in [3.63, 3.8) is 0 Å². The van der Waals surface area contributed by atoms with Crippen LogP contribution in [0.2, 0.25) is 0 Å². The van der Waals surface area contributed by atoms with Gasteiger partial charge in [-0.05, 0) is 20.3 Å². The fraction of sp³-hybridized carbons (Fsp3) is 1.00. The van der Waals surface area contributed by atoms with Crippen LogP contribution in [0.25, 0.3) is 0 Å². The summed E-state index contributed by atoms with van der Waals surface area (Å²) in [5, 5.41) is 9.70. The highest BCUT2D eigenvalue weighted by molar-refractivity contribution is 4.91. The molecule has 2 nitrogen and oxygen atoms in total. The third-order valence-electron chi connectivity index (χ3n) is 2.70. The average molecular weight is 144 g/mol. The Morgan fingerprint density at radius 3 is 2.30 bits per heavy atom. The first-order chi connectivity index (χ1) is 4.46. The predicted octanol–water partition coefficient (Wildman–Crippen LogP) is 1.18. The van der Waals surface area contributed by atoms with Crippen molar-refractivity contribution >= 4 is 0 Å². The normalized spacial score (nSPS) is 34.8. The van der Waals surface area contributed by atoms with Crippen molar-refractivity contribution < 1.29 is 9.84 Å². The van der Waals surface area contributed by atoms with Gasteiger partial charge in [0.05, 0.1) is 12.2 Å². The van der Waals surface area contributed by atoms with Gasteiger partial charge in [-0.1, -0.05) is 6.92 Å². The Morgan fingerprint density at radius 1 is 1.50 bits per heavy atom. The van der Waals surface area contributed by atoms with Crippen LogP contribution < -0.4 is 0 Å². The first-order valence-electron chi connectivity index (χ1n) is 3.76. The number of ether oxygens (including phenoxy) is 1. The molecule has 1 saturated heterocycles. The van der Waals surface area contributed by atoms with Crippen LogP contribution in [0.3, 0.4) is 0 Å². The average Bonchev–Trinajstić information content (AvgIpc) is 2.13. The largest absolute Gasteiger partial charge is 0.390 e. The molecule has 1 rings (SSSR count). The topological polar surface area (TPSA) is 29.5 Å². The van der Waals surface area contributed by atoms with Crippen molar-refractivity contribution in [2.24, 2.45) is 5.41 Å². The Balaban J connectivity index is 2.67. The molecule has 1 aliphatic rings. The van der Waals surface area contributed by atoms with Crippen molar-refractivity contribution in [2.75, 3.05) is 13.2 Å². The summed E-state index contributed by atoms with van der Waals surface area (Å²) in [5.74, 6) is 0. The van der Waals surface area contributed by atoms with Gasteiger partial charge < -0.3 is 9.84 Å². The number of aliphatic hydroxyl groups is 1. The van der Waals surface area contributed by atoms with Crippen LogP contribution >= 0.6 is 0 Å². The lowest BCUT2D eigenvalue weighted by Crippen LogP contribution is -2.41. The molecule has 10 heavy (non-hydrogen) atoms.